The fourth-order valence-electron chi connectivity index (χ4n) is 5.35. The topological polar surface area (TPSA) is 134 Å². The first kappa shape index (κ1) is 27.6. The third-order valence-corrected chi connectivity index (χ3v) is 10.1. The highest BCUT2D eigenvalue weighted by molar-refractivity contribution is 7.92. The maximum absolute atomic E-state index is 14.6. The molecule has 42 heavy (non-hydrogen) atoms. The highest BCUT2D eigenvalue weighted by atomic mass is 32.2. The molecule has 0 radical (unpaired) electrons. The first-order valence-electron chi connectivity index (χ1n) is 13.7. The van der Waals surface area contributed by atoms with Gasteiger partial charge < -0.3 is 21.3 Å². The lowest BCUT2D eigenvalue weighted by molar-refractivity contribution is -0.131. The van der Waals surface area contributed by atoms with Gasteiger partial charge in [-0.05, 0) is 72.4 Å². The van der Waals surface area contributed by atoms with Crippen LogP contribution in [0.15, 0.2) is 71.8 Å². The summed E-state index contributed by atoms with van der Waals surface area (Å²) in [4.78, 5) is 32.4. The molecule has 216 valence electrons. The largest absolute Gasteiger partial charge is 0.383 e. The Balaban J connectivity index is 1.41. The number of aromatic nitrogens is 1. The van der Waals surface area contributed by atoms with Crippen LogP contribution in [0, 0.1) is 5.82 Å². The number of hydrogen-bond donors (Lipinski definition) is 3. The second-order valence-electron chi connectivity index (χ2n) is 10.9. The molecule has 4 N–H and O–H groups in total. The summed E-state index contributed by atoms with van der Waals surface area (Å²) in [6.07, 6.45) is 2.90. The Morgan fingerprint density at radius 1 is 1.02 bits per heavy atom. The molecule has 4 bridgehead atoms. The van der Waals surface area contributed by atoms with Crippen LogP contribution < -0.4 is 16.4 Å². The third-order valence-electron chi connectivity index (χ3n) is 7.75. The molecule has 1 aliphatic heterocycles. The number of nitrogens with zero attached hydrogens (tertiary/aromatic N) is 2. The molecule has 0 spiro atoms. The smallest absolute Gasteiger partial charge is 0.249 e. The molecule has 3 aromatic carbocycles. The number of benzene rings is 3. The highest BCUT2D eigenvalue weighted by Crippen LogP contribution is 2.36. The molecule has 1 unspecified atom stereocenters. The molecular formula is C31H30FN5O4S. The van der Waals surface area contributed by atoms with Gasteiger partial charge in [0.2, 0.25) is 11.8 Å². The summed E-state index contributed by atoms with van der Waals surface area (Å²) in [5.41, 5.74) is 8.84. The molecular weight excluding hydrogens is 557 g/mol. The molecule has 1 aromatic heterocycles. The number of anilines is 3. The van der Waals surface area contributed by atoms with Crippen molar-refractivity contribution < 1.29 is 22.4 Å². The minimum absolute atomic E-state index is 0.00372. The Labute approximate surface area is 242 Å². The number of aryl methyl sites for hydroxylation is 1. The fourth-order valence-corrected chi connectivity index (χ4v) is 7.22. The zero-order chi connectivity index (χ0) is 29.6. The summed E-state index contributed by atoms with van der Waals surface area (Å²) in [5, 5.41) is 6.41. The summed E-state index contributed by atoms with van der Waals surface area (Å²) < 4.78 is 41.2. The number of pyridine rings is 1. The van der Waals surface area contributed by atoms with Crippen molar-refractivity contribution in [3.05, 3.63) is 89.4 Å². The number of carbonyl (C=O) groups excluding carboxylic acids is 2. The molecule has 1 aliphatic carbocycles. The Bertz CT molecular complexity index is 1840. The van der Waals surface area contributed by atoms with E-state index in [2.05, 4.69) is 15.6 Å². The van der Waals surface area contributed by atoms with E-state index in [1.165, 1.54) is 11.0 Å². The Morgan fingerprint density at radius 2 is 1.83 bits per heavy atom. The van der Waals surface area contributed by atoms with Gasteiger partial charge in [0.25, 0.3) is 0 Å². The highest BCUT2D eigenvalue weighted by Gasteiger charge is 2.38. The number of hydrogen-bond acceptors (Lipinski definition) is 7. The molecule has 4 aromatic rings. The summed E-state index contributed by atoms with van der Waals surface area (Å²) in [5.74, 6) is -0.861. The van der Waals surface area contributed by atoms with Crippen LogP contribution in [0.4, 0.5) is 21.6 Å². The van der Waals surface area contributed by atoms with Crippen LogP contribution in [-0.2, 0) is 32.4 Å². The molecule has 6 rings (SSSR count). The van der Waals surface area contributed by atoms with Gasteiger partial charge in [-0.15, -0.1) is 0 Å². The van der Waals surface area contributed by atoms with Crippen LogP contribution in [0.25, 0.3) is 10.8 Å². The molecule has 9 nitrogen and oxygen atoms in total. The van der Waals surface area contributed by atoms with Crippen LogP contribution in [0.5, 0.6) is 0 Å². The molecule has 1 atom stereocenters. The minimum Gasteiger partial charge on any atom is -0.383 e. The second kappa shape index (κ2) is 10.7. The van der Waals surface area contributed by atoms with Crippen molar-refractivity contribution in [1.29, 1.82) is 0 Å². The van der Waals surface area contributed by atoms with E-state index in [4.69, 9.17) is 5.73 Å². The van der Waals surface area contributed by atoms with Gasteiger partial charge in [0.05, 0.1) is 16.3 Å². The Morgan fingerprint density at radius 3 is 2.62 bits per heavy atom. The lowest BCUT2D eigenvalue weighted by atomic mass is 9.99. The van der Waals surface area contributed by atoms with Crippen LogP contribution in [0.2, 0.25) is 0 Å². The summed E-state index contributed by atoms with van der Waals surface area (Å²) in [6.45, 7) is -0.00372. The number of sulfone groups is 1. The van der Waals surface area contributed by atoms with Gasteiger partial charge in [-0.1, -0.05) is 24.3 Å². The van der Waals surface area contributed by atoms with Gasteiger partial charge in [-0.3, -0.25) is 9.59 Å². The molecule has 0 saturated heterocycles. The number of fused-ring (bicyclic) bond motifs is 5. The van der Waals surface area contributed by atoms with Crippen molar-refractivity contribution in [3.8, 4) is 0 Å². The number of amides is 2. The van der Waals surface area contributed by atoms with Crippen LogP contribution in [0.3, 0.4) is 0 Å². The second-order valence-corrected chi connectivity index (χ2v) is 13.1. The van der Waals surface area contributed by atoms with E-state index >= 15 is 0 Å². The molecule has 11 heteroatoms. The first-order valence-corrected chi connectivity index (χ1v) is 15.3. The van der Waals surface area contributed by atoms with Crippen molar-refractivity contribution >= 4 is 49.6 Å². The molecule has 2 aliphatic rings. The first-order chi connectivity index (χ1) is 20.1. The van der Waals surface area contributed by atoms with E-state index in [1.807, 2.05) is 24.3 Å². The Hall–Kier alpha value is -4.51. The van der Waals surface area contributed by atoms with E-state index in [1.54, 1.807) is 37.4 Å². The molecule has 2 amide bonds. The number of carbonyl (C=O) groups is 2. The van der Waals surface area contributed by atoms with Gasteiger partial charge in [0.1, 0.15) is 17.7 Å². The maximum atomic E-state index is 14.6. The lowest BCUT2D eigenvalue weighted by Gasteiger charge is -2.27. The normalized spacial score (nSPS) is 18.0. The fraction of sp³-hybridized carbons (Fsp3) is 0.258. The van der Waals surface area contributed by atoms with E-state index in [0.29, 0.717) is 47.2 Å². The minimum atomic E-state index is -3.58. The monoisotopic (exact) mass is 587 g/mol. The SMILES string of the molecule is CN1Cc2cc(ccc2S(=O)(=O)C2CC2)NC(=O)CCc2cccc(c2)C(Nc2ccc3c(N)ncc(F)c3c2)C1=O. The van der Waals surface area contributed by atoms with Crippen LogP contribution >= 0.6 is 0 Å². The average Bonchev–Trinajstić information content (AvgIpc) is 3.83. The summed E-state index contributed by atoms with van der Waals surface area (Å²) >= 11 is 0. The van der Waals surface area contributed by atoms with Gasteiger partial charge in [0, 0.05) is 42.2 Å². The standard InChI is InChI=1S/C31H30FN5O4S/c1-37-17-20-14-21(7-11-27(20)42(40,41)23-8-9-23)35-28(38)12-5-18-3-2-4-19(13-18)29(31(37)39)36-22-6-10-24-25(15-22)26(32)16-34-30(24)33/h2-4,6-7,10-11,13-16,23,29,36H,5,8-9,12,17H2,1H3,(H2,33,34)(H,35,38). The van der Waals surface area contributed by atoms with Crippen molar-refractivity contribution in [2.45, 2.75) is 48.4 Å². The van der Waals surface area contributed by atoms with Gasteiger partial charge in [-0.25, -0.2) is 17.8 Å². The van der Waals surface area contributed by atoms with Gasteiger partial charge >= 0.3 is 0 Å². The van der Waals surface area contributed by atoms with Crippen molar-refractivity contribution in [3.63, 3.8) is 0 Å². The number of rotatable bonds is 4. The number of nitrogens with two attached hydrogens (primary N) is 1. The quantitative estimate of drug-likeness (QED) is 0.318. The summed E-state index contributed by atoms with van der Waals surface area (Å²) in [7, 11) is -1.97. The zero-order valence-corrected chi connectivity index (χ0v) is 23.7. The van der Waals surface area contributed by atoms with E-state index < -0.39 is 26.9 Å². The Kier molecular flexibility index (Phi) is 7.05. The lowest BCUT2D eigenvalue weighted by Crippen LogP contribution is -2.35. The van der Waals surface area contributed by atoms with Crippen molar-refractivity contribution in [1.82, 2.24) is 9.88 Å². The molecule has 1 fully saturated rings. The number of halogens is 1. The molecule has 1 saturated carbocycles. The van der Waals surface area contributed by atoms with E-state index in [-0.39, 0.29) is 40.9 Å². The third kappa shape index (κ3) is 5.39. The zero-order valence-electron chi connectivity index (χ0n) is 22.9. The van der Waals surface area contributed by atoms with Gasteiger partial charge in [-0.2, -0.15) is 0 Å². The average molecular weight is 588 g/mol. The van der Waals surface area contributed by atoms with Gasteiger partial charge in [0.15, 0.2) is 9.84 Å². The summed E-state index contributed by atoms with van der Waals surface area (Å²) in [6, 6.07) is 16.2. The van der Waals surface area contributed by atoms with Crippen LogP contribution in [-0.4, -0.2) is 42.4 Å². The van der Waals surface area contributed by atoms with Crippen molar-refractivity contribution in [2.24, 2.45) is 0 Å². The number of nitrogens with one attached hydrogen (secondary N) is 2. The van der Waals surface area contributed by atoms with Crippen LogP contribution in [0.1, 0.15) is 42.0 Å². The predicted molar refractivity (Wildman–Crippen MR) is 159 cm³/mol. The van der Waals surface area contributed by atoms with Crippen molar-refractivity contribution in [2.75, 3.05) is 23.4 Å². The van der Waals surface area contributed by atoms with E-state index in [9.17, 15) is 22.4 Å². The number of nitrogen functional groups attached to an aromatic ring is 1. The predicted octanol–water partition coefficient (Wildman–Crippen LogP) is 4.59. The molecule has 2 heterocycles. The number of likely N-dealkylation sites (N-methyl/N-ethyl adjacent to an activating group) is 1. The maximum Gasteiger partial charge on any atom is 0.249 e. The van der Waals surface area contributed by atoms with E-state index in [0.717, 1.165) is 11.8 Å².